The number of benzene rings is 2. The minimum Gasteiger partial charge on any atom is -0.491 e. The number of unbranched alkanes of at least 4 members (excludes halogenated alkanes) is 5. The average Bonchev–Trinajstić information content (AvgIpc) is 2.56. The van der Waals surface area contributed by atoms with Crippen molar-refractivity contribution in [2.24, 2.45) is 0 Å². The molecule has 0 saturated heterocycles. The average molecular weight is 306 g/mol. The Morgan fingerprint density at radius 3 is 2.30 bits per heavy atom. The van der Waals surface area contributed by atoms with Gasteiger partial charge in [-0.15, -0.1) is 5.56 Å². The van der Waals surface area contributed by atoms with Crippen LogP contribution >= 0.6 is 0 Å². The summed E-state index contributed by atoms with van der Waals surface area (Å²) < 4.78 is 19.6. The molecule has 1 nitrogen and oxygen atoms in total. The molecule has 0 N–H and O–H groups in total. The van der Waals surface area contributed by atoms with E-state index >= 15 is 0 Å². The third-order valence-corrected chi connectivity index (χ3v) is 3.74. The first-order valence-corrected chi connectivity index (χ1v) is 8.20. The number of halogens is 1. The van der Waals surface area contributed by atoms with Gasteiger partial charge in [0.2, 0.25) is 0 Å². The van der Waals surface area contributed by atoms with Crippen molar-refractivity contribution in [3.63, 3.8) is 0 Å². The summed E-state index contributed by atoms with van der Waals surface area (Å²) in [5.74, 6) is 0.0520. The van der Waals surface area contributed by atoms with E-state index in [2.05, 4.69) is 13.0 Å². The fourth-order valence-corrected chi connectivity index (χ4v) is 2.44. The van der Waals surface area contributed by atoms with E-state index in [1.54, 1.807) is 6.07 Å². The molecular formula is C20H24FLiO. The van der Waals surface area contributed by atoms with Crippen molar-refractivity contribution >= 4 is 0 Å². The standard InChI is InChI=1S/C20H24FO.Li/c1-2-3-4-5-6-10-15-22-20-14-13-18(16-19(20)21)17-11-8-7-9-12-17;/h8-9,11-14,16H,2-6,10,15H2,1H3;/q-1;+1. The predicted molar refractivity (Wildman–Crippen MR) is 89.5 cm³/mol. The van der Waals surface area contributed by atoms with Gasteiger partial charge in [0.05, 0.1) is 6.61 Å². The van der Waals surface area contributed by atoms with E-state index in [0.29, 0.717) is 12.4 Å². The number of hydrogen-bond donors (Lipinski definition) is 0. The minimum atomic E-state index is -0.295. The third-order valence-electron chi connectivity index (χ3n) is 3.74. The van der Waals surface area contributed by atoms with Gasteiger partial charge >= 0.3 is 18.9 Å². The molecule has 0 fully saturated rings. The maximum atomic E-state index is 14.1. The Morgan fingerprint density at radius 1 is 0.913 bits per heavy atom. The second-order valence-corrected chi connectivity index (χ2v) is 5.55. The van der Waals surface area contributed by atoms with E-state index in [-0.39, 0.29) is 24.7 Å². The van der Waals surface area contributed by atoms with Crippen LogP contribution in [0.5, 0.6) is 5.75 Å². The molecule has 0 unspecified atom stereocenters. The molecule has 23 heavy (non-hydrogen) atoms. The van der Waals surface area contributed by atoms with Gasteiger partial charge in [0, 0.05) is 0 Å². The Hall–Kier alpha value is -1.23. The van der Waals surface area contributed by atoms with Gasteiger partial charge < -0.3 is 4.74 Å². The summed E-state index contributed by atoms with van der Waals surface area (Å²) in [5.41, 5.74) is 1.85. The summed E-state index contributed by atoms with van der Waals surface area (Å²) in [6.45, 7) is 2.80. The molecule has 2 rings (SSSR count). The van der Waals surface area contributed by atoms with Crippen molar-refractivity contribution in [1.29, 1.82) is 0 Å². The summed E-state index contributed by atoms with van der Waals surface area (Å²) in [6.07, 6.45) is 7.22. The van der Waals surface area contributed by atoms with E-state index in [0.717, 1.165) is 24.0 Å². The van der Waals surface area contributed by atoms with Crippen molar-refractivity contribution in [3.05, 3.63) is 54.3 Å². The van der Waals surface area contributed by atoms with Crippen LogP contribution in [-0.2, 0) is 0 Å². The molecule has 2 aromatic rings. The Labute approximate surface area is 151 Å². The fraction of sp³-hybridized carbons (Fsp3) is 0.400. The molecule has 0 heterocycles. The first kappa shape index (κ1) is 19.8. The summed E-state index contributed by atoms with van der Waals surface area (Å²) in [4.78, 5) is 0. The summed E-state index contributed by atoms with van der Waals surface area (Å²) in [6, 6.07) is 15.6. The molecule has 3 heteroatoms. The van der Waals surface area contributed by atoms with Crippen molar-refractivity contribution in [1.82, 2.24) is 0 Å². The van der Waals surface area contributed by atoms with Crippen LogP contribution in [0.15, 0.2) is 42.5 Å². The van der Waals surface area contributed by atoms with E-state index in [1.165, 1.54) is 31.7 Å². The van der Waals surface area contributed by atoms with Crippen molar-refractivity contribution in [2.45, 2.75) is 45.4 Å². The Kier molecular flexibility index (Phi) is 9.76. The fourth-order valence-electron chi connectivity index (χ4n) is 2.44. The van der Waals surface area contributed by atoms with E-state index < -0.39 is 0 Å². The van der Waals surface area contributed by atoms with E-state index in [4.69, 9.17) is 4.74 Å². The minimum absolute atomic E-state index is 0. The summed E-state index contributed by atoms with van der Waals surface area (Å²) >= 11 is 0. The molecule has 0 atom stereocenters. The zero-order valence-corrected chi connectivity index (χ0v) is 14.3. The van der Waals surface area contributed by atoms with Gasteiger partial charge in [0.25, 0.3) is 0 Å². The molecule has 0 aliphatic carbocycles. The molecule has 0 aliphatic rings. The zero-order valence-electron chi connectivity index (χ0n) is 14.3. The largest absolute Gasteiger partial charge is 1.00 e. The van der Waals surface area contributed by atoms with Crippen LogP contribution in [0.3, 0.4) is 0 Å². The van der Waals surface area contributed by atoms with Crippen LogP contribution in [0, 0.1) is 11.9 Å². The van der Waals surface area contributed by atoms with Gasteiger partial charge in [-0.2, -0.15) is 30.3 Å². The molecule has 0 aliphatic heterocycles. The molecular weight excluding hydrogens is 282 g/mol. The van der Waals surface area contributed by atoms with Crippen LogP contribution < -0.4 is 23.6 Å². The molecule has 0 radical (unpaired) electrons. The summed E-state index contributed by atoms with van der Waals surface area (Å²) in [7, 11) is 0. The second-order valence-electron chi connectivity index (χ2n) is 5.55. The molecule has 0 aromatic heterocycles. The molecule has 0 spiro atoms. The topological polar surface area (TPSA) is 9.23 Å². The van der Waals surface area contributed by atoms with E-state index in [1.807, 2.05) is 30.3 Å². The normalized spacial score (nSPS) is 10.2. The number of hydrogen-bond acceptors (Lipinski definition) is 1. The second kappa shape index (κ2) is 11.3. The monoisotopic (exact) mass is 306 g/mol. The zero-order chi connectivity index (χ0) is 15.6. The third kappa shape index (κ3) is 6.81. The van der Waals surface area contributed by atoms with Crippen LogP contribution in [0.2, 0.25) is 0 Å². The van der Waals surface area contributed by atoms with Crippen LogP contribution in [0.25, 0.3) is 11.1 Å². The smallest absolute Gasteiger partial charge is 0.491 e. The Bertz CT molecular complexity index is 557. The van der Waals surface area contributed by atoms with Crippen molar-refractivity contribution in [2.75, 3.05) is 6.61 Å². The Morgan fingerprint density at radius 2 is 1.61 bits per heavy atom. The maximum absolute atomic E-state index is 14.1. The predicted octanol–water partition coefficient (Wildman–Crippen LogP) is 3.04. The van der Waals surface area contributed by atoms with Crippen LogP contribution in [0.1, 0.15) is 45.4 Å². The first-order valence-electron chi connectivity index (χ1n) is 8.20. The van der Waals surface area contributed by atoms with Gasteiger partial charge in [0.1, 0.15) is 0 Å². The van der Waals surface area contributed by atoms with Gasteiger partial charge in [-0.3, -0.25) is 0 Å². The molecule has 0 bridgehead atoms. The van der Waals surface area contributed by atoms with Crippen LogP contribution in [0.4, 0.5) is 4.39 Å². The molecule has 2 aromatic carbocycles. The van der Waals surface area contributed by atoms with Crippen molar-refractivity contribution < 1.29 is 28.0 Å². The maximum Gasteiger partial charge on any atom is 1.00 e. The summed E-state index contributed by atoms with van der Waals surface area (Å²) in [5, 5.41) is 0. The van der Waals surface area contributed by atoms with Gasteiger partial charge in [0.15, 0.2) is 11.6 Å². The molecule has 118 valence electrons. The van der Waals surface area contributed by atoms with Gasteiger partial charge in [-0.1, -0.05) is 45.1 Å². The number of ether oxygens (including phenoxy) is 1. The molecule has 0 amide bonds. The van der Waals surface area contributed by atoms with E-state index in [9.17, 15) is 4.39 Å². The molecule has 0 saturated carbocycles. The SMILES string of the molecule is CCCCCCCCOc1ccc(-c2cc[c-]cc2)cc1F.[Li+]. The number of rotatable bonds is 9. The van der Waals surface area contributed by atoms with Crippen LogP contribution in [-0.4, -0.2) is 6.61 Å². The van der Waals surface area contributed by atoms with Gasteiger partial charge in [-0.05, 0) is 24.1 Å². The van der Waals surface area contributed by atoms with Gasteiger partial charge in [-0.25, -0.2) is 4.39 Å². The van der Waals surface area contributed by atoms with Crippen molar-refractivity contribution in [3.8, 4) is 16.9 Å². The quantitative estimate of drug-likeness (QED) is 0.393. The Balaban J connectivity index is 0.00000264. The first-order chi connectivity index (χ1) is 10.8.